The Labute approximate surface area is 205 Å². The fraction of sp³-hybridized carbons (Fsp3) is 0.120. The number of hydrogen-bond donors (Lipinski definition) is 1. The van der Waals surface area contributed by atoms with Crippen LogP contribution in [0.15, 0.2) is 78.8 Å². The van der Waals surface area contributed by atoms with Crippen molar-refractivity contribution in [1.82, 2.24) is 4.90 Å². The van der Waals surface area contributed by atoms with Gasteiger partial charge in [-0.05, 0) is 57.4 Å². The van der Waals surface area contributed by atoms with Gasteiger partial charge >= 0.3 is 0 Å². The summed E-state index contributed by atoms with van der Waals surface area (Å²) in [5, 5.41) is 10.7. The number of benzene rings is 3. The molecule has 1 aliphatic heterocycles. The third-order valence-electron chi connectivity index (χ3n) is 5.71. The summed E-state index contributed by atoms with van der Waals surface area (Å²) in [5.74, 6) is -0.175. The molecule has 33 heavy (non-hydrogen) atoms. The zero-order valence-corrected chi connectivity index (χ0v) is 20.5. The van der Waals surface area contributed by atoms with Crippen LogP contribution in [-0.2, 0) is 6.54 Å². The van der Waals surface area contributed by atoms with E-state index in [0.717, 1.165) is 10.0 Å². The Morgan fingerprint density at radius 2 is 1.82 bits per heavy atom. The second-order valence-electron chi connectivity index (χ2n) is 7.69. The van der Waals surface area contributed by atoms with E-state index < -0.39 is 6.04 Å². The van der Waals surface area contributed by atoms with Crippen LogP contribution in [0.3, 0.4) is 0 Å². The molecule has 1 aromatic heterocycles. The fourth-order valence-corrected chi connectivity index (χ4v) is 5.01. The normalized spacial score (nSPS) is 15.2. The van der Waals surface area contributed by atoms with Crippen molar-refractivity contribution in [2.45, 2.75) is 12.6 Å². The van der Waals surface area contributed by atoms with Crippen LogP contribution in [0.4, 0.5) is 0 Å². The molecule has 1 amide bonds. The molecule has 0 fully saturated rings. The average molecular weight is 571 g/mol. The van der Waals surface area contributed by atoms with Crippen molar-refractivity contribution in [3.63, 3.8) is 0 Å². The molecule has 1 aliphatic rings. The molecule has 0 bridgehead atoms. The van der Waals surface area contributed by atoms with Gasteiger partial charge < -0.3 is 19.2 Å². The zero-order valence-electron chi connectivity index (χ0n) is 17.3. The molecule has 6 nitrogen and oxygen atoms in total. The lowest BCUT2D eigenvalue weighted by atomic mass is 9.97. The average Bonchev–Trinajstić information content (AvgIpc) is 3.08. The highest BCUT2D eigenvalue weighted by Gasteiger charge is 2.43. The molecule has 1 N–H and O–H groups in total. The van der Waals surface area contributed by atoms with Gasteiger partial charge in [0.2, 0.25) is 5.76 Å². The number of phenolic OH excluding ortho intramolecular Hbond substituents is 1. The van der Waals surface area contributed by atoms with Crippen LogP contribution >= 0.6 is 31.9 Å². The third kappa shape index (κ3) is 3.63. The van der Waals surface area contributed by atoms with Gasteiger partial charge in [0.25, 0.3) is 5.91 Å². The first kappa shape index (κ1) is 21.7. The van der Waals surface area contributed by atoms with Gasteiger partial charge in [0.1, 0.15) is 5.58 Å². The quantitative estimate of drug-likeness (QED) is 0.336. The van der Waals surface area contributed by atoms with Gasteiger partial charge in [-0.1, -0.05) is 46.3 Å². The number of carbonyl (C=O) groups is 1. The molecule has 0 radical (unpaired) electrons. The Hall–Kier alpha value is -3.10. The predicted molar refractivity (Wildman–Crippen MR) is 131 cm³/mol. The first-order valence-corrected chi connectivity index (χ1v) is 11.6. The Morgan fingerprint density at radius 1 is 1.06 bits per heavy atom. The second kappa shape index (κ2) is 8.35. The molecule has 5 rings (SSSR count). The number of halogens is 2. The molecule has 0 aliphatic carbocycles. The lowest BCUT2D eigenvalue weighted by Crippen LogP contribution is -2.29. The molecule has 4 aromatic rings. The van der Waals surface area contributed by atoms with Crippen LogP contribution in [0.25, 0.3) is 11.0 Å². The van der Waals surface area contributed by atoms with Crippen molar-refractivity contribution in [2.75, 3.05) is 7.11 Å². The minimum Gasteiger partial charge on any atom is -0.503 e. The second-order valence-corrected chi connectivity index (χ2v) is 9.46. The number of aromatic hydroxyl groups is 1. The molecule has 1 atom stereocenters. The SMILES string of the molecule is COc1cc(C2c3c(oc4ccc(Br)cc4c3=O)C(=O)N2Cc2ccccc2)cc(Br)c1O. The van der Waals surface area contributed by atoms with Crippen LogP contribution in [0.2, 0.25) is 0 Å². The van der Waals surface area contributed by atoms with E-state index in [0.29, 0.717) is 21.0 Å². The van der Waals surface area contributed by atoms with Gasteiger partial charge in [0.05, 0.1) is 28.6 Å². The van der Waals surface area contributed by atoms with E-state index in [1.54, 1.807) is 35.2 Å². The summed E-state index contributed by atoms with van der Waals surface area (Å²) in [7, 11) is 1.44. The third-order valence-corrected chi connectivity index (χ3v) is 6.81. The molecular formula is C25H17Br2NO5. The summed E-state index contributed by atoms with van der Waals surface area (Å²) < 4.78 is 12.4. The largest absolute Gasteiger partial charge is 0.503 e. The van der Waals surface area contributed by atoms with E-state index in [2.05, 4.69) is 31.9 Å². The van der Waals surface area contributed by atoms with Crippen molar-refractivity contribution in [2.24, 2.45) is 0 Å². The number of methoxy groups -OCH3 is 1. The molecule has 0 saturated carbocycles. The van der Waals surface area contributed by atoms with Crippen LogP contribution in [0, 0.1) is 0 Å². The van der Waals surface area contributed by atoms with Gasteiger partial charge in [-0.25, -0.2) is 0 Å². The van der Waals surface area contributed by atoms with E-state index >= 15 is 0 Å². The number of fused-ring (bicyclic) bond motifs is 2. The lowest BCUT2D eigenvalue weighted by Gasteiger charge is -2.26. The number of rotatable bonds is 4. The minimum atomic E-state index is -0.724. The number of nitrogens with zero attached hydrogens (tertiary/aromatic N) is 1. The predicted octanol–water partition coefficient (Wildman–Crippen LogP) is 5.78. The van der Waals surface area contributed by atoms with Gasteiger partial charge in [-0.3, -0.25) is 9.59 Å². The lowest BCUT2D eigenvalue weighted by molar-refractivity contribution is 0.0714. The molecule has 0 spiro atoms. The number of ether oxygens (including phenoxy) is 1. The van der Waals surface area contributed by atoms with Gasteiger partial charge in [-0.2, -0.15) is 0 Å². The molecule has 0 saturated heterocycles. The van der Waals surface area contributed by atoms with Crippen molar-refractivity contribution in [3.8, 4) is 11.5 Å². The topological polar surface area (TPSA) is 80.0 Å². The molecular weight excluding hydrogens is 554 g/mol. The number of amides is 1. The van der Waals surface area contributed by atoms with Crippen LogP contribution in [0.5, 0.6) is 11.5 Å². The number of hydrogen-bond acceptors (Lipinski definition) is 5. The zero-order chi connectivity index (χ0) is 23.3. The maximum absolute atomic E-state index is 13.7. The van der Waals surface area contributed by atoms with Crippen molar-refractivity contribution >= 4 is 48.7 Å². The summed E-state index contributed by atoms with van der Waals surface area (Å²) in [6.45, 7) is 0.273. The van der Waals surface area contributed by atoms with E-state index in [9.17, 15) is 14.7 Å². The molecule has 1 unspecified atom stereocenters. The first-order valence-electron chi connectivity index (χ1n) is 10.1. The molecule has 2 heterocycles. The highest BCUT2D eigenvalue weighted by Crippen LogP contribution is 2.44. The van der Waals surface area contributed by atoms with Crippen molar-refractivity contribution < 1.29 is 19.1 Å². The van der Waals surface area contributed by atoms with Crippen LogP contribution in [0.1, 0.15) is 33.3 Å². The summed E-state index contributed by atoms with van der Waals surface area (Å²) in [6, 6.07) is 17.3. The van der Waals surface area contributed by atoms with E-state index in [4.69, 9.17) is 9.15 Å². The maximum atomic E-state index is 13.7. The van der Waals surface area contributed by atoms with Crippen LogP contribution in [-0.4, -0.2) is 23.0 Å². The smallest absolute Gasteiger partial charge is 0.291 e. The molecule has 8 heteroatoms. The summed E-state index contributed by atoms with van der Waals surface area (Å²) >= 11 is 6.76. The molecule has 3 aromatic carbocycles. The van der Waals surface area contributed by atoms with Gasteiger partial charge in [0.15, 0.2) is 16.9 Å². The minimum absolute atomic E-state index is 0.0268. The summed E-state index contributed by atoms with van der Waals surface area (Å²) in [4.78, 5) is 28.8. The maximum Gasteiger partial charge on any atom is 0.291 e. The monoisotopic (exact) mass is 569 g/mol. The van der Waals surface area contributed by atoms with E-state index in [1.807, 2.05) is 30.3 Å². The standard InChI is InChI=1S/C25H17Br2NO5/c1-32-19-10-14(9-17(27)23(19)30)21-20-22(29)16-11-15(26)7-8-18(16)33-24(20)25(31)28(21)12-13-5-3-2-4-6-13/h2-11,21,30H,12H2,1H3. The van der Waals surface area contributed by atoms with E-state index in [1.165, 1.54) is 7.11 Å². The van der Waals surface area contributed by atoms with Gasteiger partial charge in [-0.15, -0.1) is 0 Å². The number of carbonyl (C=O) groups excluding carboxylic acids is 1. The Bertz CT molecular complexity index is 1470. The Balaban J connectivity index is 1.77. The highest BCUT2D eigenvalue weighted by molar-refractivity contribution is 9.10. The highest BCUT2D eigenvalue weighted by atomic mass is 79.9. The summed E-state index contributed by atoms with van der Waals surface area (Å²) in [6.07, 6.45) is 0. The Morgan fingerprint density at radius 3 is 2.55 bits per heavy atom. The molecule has 166 valence electrons. The number of phenols is 1. The van der Waals surface area contributed by atoms with Crippen molar-refractivity contribution in [1.29, 1.82) is 0 Å². The van der Waals surface area contributed by atoms with E-state index in [-0.39, 0.29) is 40.7 Å². The fourth-order valence-electron chi connectivity index (χ4n) is 4.19. The summed E-state index contributed by atoms with van der Waals surface area (Å²) in [5.41, 5.74) is 1.86. The van der Waals surface area contributed by atoms with Crippen LogP contribution < -0.4 is 10.2 Å². The first-order chi connectivity index (χ1) is 15.9. The Kier molecular flexibility index (Phi) is 5.50. The van der Waals surface area contributed by atoms with Gasteiger partial charge in [0, 0.05) is 11.0 Å². The van der Waals surface area contributed by atoms with Crippen molar-refractivity contribution in [3.05, 3.63) is 102 Å².